The summed E-state index contributed by atoms with van der Waals surface area (Å²) < 4.78 is 28.0. The Balaban J connectivity index is 1.95. The molecule has 2 N–H and O–H groups in total. The molecule has 7 nitrogen and oxygen atoms in total. The molecule has 8 heteroatoms. The molecule has 0 radical (unpaired) electrons. The van der Waals surface area contributed by atoms with Crippen molar-refractivity contribution < 1.29 is 13.2 Å². The third-order valence-corrected chi connectivity index (χ3v) is 4.16. The van der Waals surface area contributed by atoms with E-state index in [4.69, 9.17) is 0 Å². The van der Waals surface area contributed by atoms with Crippen molar-refractivity contribution in [2.75, 3.05) is 17.0 Å². The number of nitrogens with zero attached hydrogens (tertiary/aromatic N) is 2. The molecule has 0 unspecified atom stereocenters. The molecule has 0 aromatic carbocycles. The number of anilines is 1. The molecule has 0 saturated heterocycles. The van der Waals surface area contributed by atoms with Gasteiger partial charge in [0, 0.05) is 24.9 Å². The van der Waals surface area contributed by atoms with E-state index in [1.165, 1.54) is 0 Å². The van der Waals surface area contributed by atoms with Crippen LogP contribution in [0.5, 0.6) is 0 Å². The Morgan fingerprint density at radius 2 is 2.14 bits per heavy atom. The molecule has 2 aromatic heterocycles. The summed E-state index contributed by atoms with van der Waals surface area (Å²) in [6, 6.07) is 5.10. The second-order valence-electron chi connectivity index (χ2n) is 4.98. The van der Waals surface area contributed by atoms with E-state index >= 15 is 0 Å². The number of pyridine rings is 1. The van der Waals surface area contributed by atoms with Crippen molar-refractivity contribution in [3.63, 3.8) is 0 Å². The Bertz CT molecular complexity index is 737. The van der Waals surface area contributed by atoms with Crippen LogP contribution in [0.3, 0.4) is 0 Å². The summed E-state index contributed by atoms with van der Waals surface area (Å²) in [5.41, 5.74) is 1.27. The number of amides is 1. The lowest BCUT2D eigenvalue weighted by Crippen LogP contribution is -2.33. The first-order valence-corrected chi connectivity index (χ1v) is 8.24. The molecule has 2 heterocycles. The van der Waals surface area contributed by atoms with Gasteiger partial charge in [-0.2, -0.15) is 5.10 Å². The summed E-state index contributed by atoms with van der Waals surface area (Å²) in [6.45, 7) is 3.59. The number of aromatic nitrogens is 2. The topological polar surface area (TPSA) is 92.6 Å². The molecule has 0 aliphatic heterocycles. The van der Waals surface area contributed by atoms with E-state index in [1.54, 1.807) is 49.0 Å². The molecule has 0 atom stereocenters. The van der Waals surface area contributed by atoms with E-state index in [0.29, 0.717) is 5.69 Å². The predicted octanol–water partition coefficient (Wildman–Crippen LogP) is 0.848. The van der Waals surface area contributed by atoms with Crippen LogP contribution < -0.4 is 10.0 Å². The Morgan fingerprint density at radius 3 is 2.86 bits per heavy atom. The minimum absolute atomic E-state index is 0.0846. The third kappa shape index (κ3) is 4.19. The second kappa shape index (κ2) is 6.13. The standard InChI is InChI=1S/C13H18N4O3S/c1-10(2)13(18)14-6-8-21(19,20)16-11-4-7-17-12(9-11)3-5-15-17/h3-5,7,9-10,16H,6,8H2,1-2H3,(H,14,18). The fourth-order valence-corrected chi connectivity index (χ4v) is 2.69. The highest BCUT2D eigenvalue weighted by Gasteiger charge is 2.12. The average Bonchev–Trinajstić information content (AvgIpc) is 2.85. The molecule has 2 aromatic rings. The van der Waals surface area contributed by atoms with E-state index in [1.807, 2.05) is 0 Å². The summed E-state index contributed by atoms with van der Waals surface area (Å²) in [6.07, 6.45) is 3.31. The van der Waals surface area contributed by atoms with Crippen LogP contribution in [0.1, 0.15) is 13.8 Å². The molecule has 0 spiro atoms. The smallest absolute Gasteiger partial charge is 0.234 e. The van der Waals surface area contributed by atoms with Crippen LogP contribution in [-0.4, -0.2) is 36.2 Å². The van der Waals surface area contributed by atoms with Crippen molar-refractivity contribution in [1.82, 2.24) is 14.9 Å². The second-order valence-corrected chi connectivity index (χ2v) is 6.82. The minimum Gasteiger partial charge on any atom is -0.355 e. The van der Waals surface area contributed by atoms with Gasteiger partial charge in [0.2, 0.25) is 15.9 Å². The normalized spacial score (nSPS) is 11.8. The highest BCUT2D eigenvalue weighted by atomic mass is 32.2. The monoisotopic (exact) mass is 310 g/mol. The van der Waals surface area contributed by atoms with Crippen molar-refractivity contribution in [2.24, 2.45) is 5.92 Å². The lowest BCUT2D eigenvalue weighted by molar-refractivity contribution is -0.123. The largest absolute Gasteiger partial charge is 0.355 e. The van der Waals surface area contributed by atoms with Crippen LogP contribution in [0.15, 0.2) is 30.6 Å². The van der Waals surface area contributed by atoms with E-state index in [-0.39, 0.29) is 24.1 Å². The van der Waals surface area contributed by atoms with Crippen LogP contribution in [0.4, 0.5) is 5.69 Å². The maximum atomic E-state index is 11.9. The Morgan fingerprint density at radius 1 is 1.38 bits per heavy atom. The Hall–Kier alpha value is -2.09. The van der Waals surface area contributed by atoms with Crippen LogP contribution >= 0.6 is 0 Å². The van der Waals surface area contributed by atoms with Gasteiger partial charge in [-0.25, -0.2) is 12.9 Å². The van der Waals surface area contributed by atoms with Crippen molar-refractivity contribution in [1.29, 1.82) is 0 Å². The third-order valence-electron chi connectivity index (χ3n) is 2.87. The molecule has 0 aliphatic rings. The summed E-state index contributed by atoms with van der Waals surface area (Å²) in [5, 5.41) is 6.61. The van der Waals surface area contributed by atoms with E-state index in [0.717, 1.165) is 5.52 Å². The molecule has 21 heavy (non-hydrogen) atoms. The number of hydrogen-bond donors (Lipinski definition) is 2. The fourth-order valence-electron chi connectivity index (χ4n) is 1.73. The number of fused-ring (bicyclic) bond motifs is 1. The number of hydrogen-bond acceptors (Lipinski definition) is 4. The highest BCUT2D eigenvalue weighted by molar-refractivity contribution is 7.92. The van der Waals surface area contributed by atoms with Gasteiger partial charge in [-0.1, -0.05) is 13.8 Å². The number of carbonyl (C=O) groups is 1. The van der Waals surface area contributed by atoms with Crippen molar-refractivity contribution >= 4 is 27.1 Å². The van der Waals surface area contributed by atoms with Gasteiger partial charge in [0.05, 0.1) is 17.0 Å². The van der Waals surface area contributed by atoms with Gasteiger partial charge in [-0.3, -0.25) is 9.52 Å². The molecule has 0 bridgehead atoms. The van der Waals surface area contributed by atoms with Crippen LogP contribution in [0.2, 0.25) is 0 Å². The van der Waals surface area contributed by atoms with E-state index in [2.05, 4.69) is 15.1 Å². The number of rotatable bonds is 6. The van der Waals surface area contributed by atoms with Crippen molar-refractivity contribution in [2.45, 2.75) is 13.8 Å². The zero-order chi connectivity index (χ0) is 15.5. The van der Waals surface area contributed by atoms with Gasteiger partial charge in [0.15, 0.2) is 0 Å². The maximum absolute atomic E-state index is 11.9. The Kier molecular flexibility index (Phi) is 4.46. The van der Waals surface area contributed by atoms with E-state index < -0.39 is 10.0 Å². The molecule has 114 valence electrons. The Labute approximate surface area is 123 Å². The molecule has 0 fully saturated rings. The molecule has 2 rings (SSSR count). The zero-order valence-electron chi connectivity index (χ0n) is 11.9. The van der Waals surface area contributed by atoms with Gasteiger partial charge in [-0.15, -0.1) is 0 Å². The first-order chi connectivity index (χ1) is 9.87. The summed E-state index contributed by atoms with van der Waals surface area (Å²) in [7, 11) is -3.50. The maximum Gasteiger partial charge on any atom is 0.234 e. The molecule has 0 aliphatic carbocycles. The summed E-state index contributed by atoms with van der Waals surface area (Å²) >= 11 is 0. The van der Waals surface area contributed by atoms with Gasteiger partial charge < -0.3 is 5.32 Å². The summed E-state index contributed by atoms with van der Waals surface area (Å²) in [5.74, 6) is -0.494. The number of carbonyl (C=O) groups excluding carboxylic acids is 1. The number of nitrogens with one attached hydrogen (secondary N) is 2. The quantitative estimate of drug-likeness (QED) is 0.827. The van der Waals surface area contributed by atoms with Crippen LogP contribution in [0.25, 0.3) is 5.52 Å². The fraction of sp³-hybridized carbons (Fsp3) is 0.385. The lowest BCUT2D eigenvalue weighted by Gasteiger charge is -2.10. The zero-order valence-corrected chi connectivity index (χ0v) is 12.7. The highest BCUT2D eigenvalue weighted by Crippen LogP contribution is 2.12. The predicted molar refractivity (Wildman–Crippen MR) is 80.4 cm³/mol. The molecule has 0 saturated carbocycles. The average molecular weight is 310 g/mol. The first-order valence-electron chi connectivity index (χ1n) is 6.59. The summed E-state index contributed by atoms with van der Waals surface area (Å²) in [4.78, 5) is 11.4. The van der Waals surface area contributed by atoms with Crippen molar-refractivity contribution in [3.8, 4) is 0 Å². The van der Waals surface area contributed by atoms with E-state index in [9.17, 15) is 13.2 Å². The first kappa shape index (κ1) is 15.3. The molecular formula is C13H18N4O3S. The van der Waals surface area contributed by atoms with Gasteiger partial charge in [0.1, 0.15) is 0 Å². The molecular weight excluding hydrogens is 292 g/mol. The minimum atomic E-state index is -3.50. The van der Waals surface area contributed by atoms with Gasteiger partial charge in [0.25, 0.3) is 0 Å². The van der Waals surface area contributed by atoms with Gasteiger partial charge in [-0.05, 0) is 18.2 Å². The van der Waals surface area contributed by atoms with Crippen molar-refractivity contribution in [3.05, 3.63) is 30.6 Å². The number of sulfonamides is 1. The van der Waals surface area contributed by atoms with Crippen LogP contribution in [-0.2, 0) is 14.8 Å². The lowest BCUT2D eigenvalue weighted by atomic mass is 10.2. The molecule has 1 amide bonds. The SMILES string of the molecule is CC(C)C(=O)NCCS(=O)(=O)Nc1ccn2nccc2c1. The van der Waals surface area contributed by atoms with Crippen LogP contribution in [0, 0.1) is 5.92 Å². The van der Waals surface area contributed by atoms with Gasteiger partial charge >= 0.3 is 0 Å².